The SMILES string of the molecule is NC(=O)CCCn1ccc2nc(Nc3cnn(C4CCOCC4)c3)nc(NC3CCCCC3)c21. The van der Waals surface area contributed by atoms with Crippen LogP contribution in [-0.4, -0.2) is 49.5 Å². The molecule has 0 unspecified atom stereocenters. The first-order valence-corrected chi connectivity index (χ1v) is 12.5. The van der Waals surface area contributed by atoms with Crippen molar-refractivity contribution >= 4 is 34.4 Å². The molecule has 1 saturated carbocycles. The molecule has 182 valence electrons. The fourth-order valence-electron chi connectivity index (χ4n) is 4.99. The van der Waals surface area contributed by atoms with Crippen LogP contribution in [-0.2, 0) is 16.1 Å². The number of aromatic nitrogens is 5. The van der Waals surface area contributed by atoms with Crippen molar-refractivity contribution in [3.05, 3.63) is 24.7 Å². The van der Waals surface area contributed by atoms with Crippen molar-refractivity contribution < 1.29 is 9.53 Å². The monoisotopic (exact) mass is 466 g/mol. The number of ether oxygens (including phenoxy) is 1. The zero-order valence-electron chi connectivity index (χ0n) is 19.6. The van der Waals surface area contributed by atoms with Gasteiger partial charge in [-0.15, -0.1) is 0 Å². The zero-order chi connectivity index (χ0) is 23.3. The number of aryl methyl sites for hydroxylation is 1. The third kappa shape index (κ3) is 5.32. The highest BCUT2D eigenvalue weighted by Gasteiger charge is 2.20. The molecule has 4 N–H and O–H groups in total. The Morgan fingerprint density at radius 1 is 1.15 bits per heavy atom. The molecule has 2 fully saturated rings. The molecule has 1 amide bonds. The molecule has 0 atom stereocenters. The quantitative estimate of drug-likeness (QED) is 0.439. The van der Waals surface area contributed by atoms with Gasteiger partial charge in [0.2, 0.25) is 11.9 Å². The Morgan fingerprint density at radius 3 is 2.76 bits per heavy atom. The lowest BCUT2D eigenvalue weighted by Gasteiger charge is -2.24. The second-order valence-corrected chi connectivity index (χ2v) is 9.37. The molecule has 5 rings (SSSR count). The van der Waals surface area contributed by atoms with Gasteiger partial charge in [-0.05, 0) is 38.2 Å². The van der Waals surface area contributed by atoms with Crippen LogP contribution in [0.15, 0.2) is 24.7 Å². The average molecular weight is 467 g/mol. The Labute approximate surface area is 199 Å². The third-order valence-electron chi connectivity index (χ3n) is 6.80. The van der Waals surface area contributed by atoms with Crippen LogP contribution < -0.4 is 16.4 Å². The van der Waals surface area contributed by atoms with Crippen molar-refractivity contribution in [2.24, 2.45) is 5.73 Å². The fourth-order valence-corrected chi connectivity index (χ4v) is 4.99. The first-order valence-electron chi connectivity index (χ1n) is 12.5. The smallest absolute Gasteiger partial charge is 0.229 e. The van der Waals surface area contributed by atoms with E-state index < -0.39 is 0 Å². The molecular weight excluding hydrogens is 432 g/mol. The molecule has 0 spiro atoms. The fraction of sp³-hybridized carbons (Fsp3) is 0.583. The number of carbonyl (C=O) groups is 1. The first-order chi connectivity index (χ1) is 16.7. The molecule has 10 heteroatoms. The van der Waals surface area contributed by atoms with Crippen LogP contribution in [0.25, 0.3) is 11.0 Å². The Bertz CT molecular complexity index is 1110. The lowest BCUT2D eigenvalue weighted by atomic mass is 9.95. The van der Waals surface area contributed by atoms with Crippen molar-refractivity contribution in [3.63, 3.8) is 0 Å². The number of anilines is 3. The van der Waals surface area contributed by atoms with Crippen molar-refractivity contribution in [2.75, 3.05) is 23.8 Å². The van der Waals surface area contributed by atoms with E-state index >= 15 is 0 Å². The van der Waals surface area contributed by atoms with Gasteiger partial charge in [-0.1, -0.05) is 19.3 Å². The molecular formula is C24H34N8O2. The van der Waals surface area contributed by atoms with Gasteiger partial charge in [-0.2, -0.15) is 10.1 Å². The lowest BCUT2D eigenvalue weighted by Crippen LogP contribution is -2.23. The molecule has 2 aliphatic rings. The summed E-state index contributed by atoms with van der Waals surface area (Å²) >= 11 is 0. The number of amides is 1. The molecule has 10 nitrogen and oxygen atoms in total. The van der Waals surface area contributed by atoms with E-state index in [0.717, 1.165) is 61.4 Å². The van der Waals surface area contributed by atoms with Crippen molar-refractivity contribution in [1.82, 2.24) is 24.3 Å². The lowest BCUT2D eigenvalue weighted by molar-refractivity contribution is -0.118. The molecule has 0 radical (unpaired) electrons. The van der Waals surface area contributed by atoms with E-state index in [1.165, 1.54) is 19.3 Å². The van der Waals surface area contributed by atoms with Gasteiger partial charge in [-0.3, -0.25) is 9.48 Å². The first kappa shape index (κ1) is 22.6. The Hall–Kier alpha value is -3.14. The highest BCUT2D eigenvalue weighted by atomic mass is 16.5. The number of hydrogen-bond donors (Lipinski definition) is 3. The molecule has 1 aliphatic heterocycles. The van der Waals surface area contributed by atoms with E-state index in [2.05, 4.69) is 20.3 Å². The second kappa shape index (κ2) is 10.4. The minimum absolute atomic E-state index is 0.277. The molecule has 3 aromatic rings. The largest absolute Gasteiger partial charge is 0.381 e. The van der Waals surface area contributed by atoms with Crippen LogP contribution in [0.3, 0.4) is 0 Å². The number of nitrogens with zero attached hydrogens (tertiary/aromatic N) is 5. The van der Waals surface area contributed by atoms with Crippen molar-refractivity contribution in [2.45, 2.75) is 76.4 Å². The average Bonchev–Trinajstić information content (AvgIpc) is 3.48. The van der Waals surface area contributed by atoms with Crippen LogP contribution in [0.1, 0.15) is 63.8 Å². The number of rotatable bonds is 9. The van der Waals surface area contributed by atoms with Crippen molar-refractivity contribution in [3.8, 4) is 0 Å². The number of carbonyl (C=O) groups excluding carboxylic acids is 1. The predicted octanol–water partition coefficient (Wildman–Crippen LogP) is 3.73. The maximum absolute atomic E-state index is 11.2. The van der Waals surface area contributed by atoms with Crippen LogP contribution in [0.2, 0.25) is 0 Å². The van der Waals surface area contributed by atoms with Crippen LogP contribution in [0.5, 0.6) is 0 Å². The van der Waals surface area contributed by atoms with E-state index in [1.807, 2.05) is 29.3 Å². The molecule has 4 heterocycles. The standard InChI is InChI=1S/C24H34N8O2/c25-21(33)7-4-11-31-12-8-20-22(31)23(27-17-5-2-1-3-6-17)30-24(29-20)28-18-15-26-32(16-18)19-9-13-34-14-10-19/h8,12,15-17,19H,1-7,9-11,13-14H2,(H2,25,33)(H2,27,28,29,30). The van der Waals surface area contributed by atoms with Gasteiger partial charge in [0.05, 0.1) is 23.4 Å². The summed E-state index contributed by atoms with van der Waals surface area (Å²) in [4.78, 5) is 20.9. The Balaban J connectivity index is 1.39. The van der Waals surface area contributed by atoms with E-state index in [1.54, 1.807) is 0 Å². The summed E-state index contributed by atoms with van der Waals surface area (Å²) in [5.41, 5.74) is 8.04. The number of nitrogens with two attached hydrogens (primary N) is 1. The van der Waals surface area contributed by atoms with Crippen LogP contribution in [0.4, 0.5) is 17.5 Å². The second-order valence-electron chi connectivity index (χ2n) is 9.37. The van der Waals surface area contributed by atoms with Gasteiger partial charge in [0.25, 0.3) is 0 Å². The van der Waals surface area contributed by atoms with E-state index in [-0.39, 0.29) is 5.91 Å². The summed E-state index contributed by atoms with van der Waals surface area (Å²) in [5.74, 6) is 1.11. The van der Waals surface area contributed by atoms with E-state index in [0.29, 0.717) is 37.4 Å². The Kier molecular flexibility index (Phi) is 6.94. The van der Waals surface area contributed by atoms with Crippen LogP contribution in [0, 0.1) is 0 Å². The Morgan fingerprint density at radius 2 is 1.97 bits per heavy atom. The van der Waals surface area contributed by atoms with Gasteiger partial charge >= 0.3 is 0 Å². The molecule has 0 aromatic carbocycles. The van der Waals surface area contributed by atoms with Crippen LogP contribution >= 0.6 is 0 Å². The van der Waals surface area contributed by atoms with Gasteiger partial charge in [0.15, 0.2) is 5.82 Å². The highest BCUT2D eigenvalue weighted by molar-refractivity contribution is 5.88. The molecule has 3 aromatic heterocycles. The normalized spacial score (nSPS) is 17.8. The van der Waals surface area contributed by atoms with Gasteiger partial charge in [-0.25, -0.2) is 4.98 Å². The molecule has 34 heavy (non-hydrogen) atoms. The predicted molar refractivity (Wildman–Crippen MR) is 131 cm³/mol. The maximum Gasteiger partial charge on any atom is 0.229 e. The van der Waals surface area contributed by atoms with Gasteiger partial charge in [0.1, 0.15) is 5.52 Å². The van der Waals surface area contributed by atoms with Crippen molar-refractivity contribution in [1.29, 1.82) is 0 Å². The molecule has 0 bridgehead atoms. The summed E-state index contributed by atoms with van der Waals surface area (Å²) in [6.45, 7) is 2.25. The summed E-state index contributed by atoms with van der Waals surface area (Å²) in [6.07, 6.45) is 14.9. The maximum atomic E-state index is 11.2. The summed E-state index contributed by atoms with van der Waals surface area (Å²) in [6, 6.07) is 2.78. The number of hydrogen-bond acceptors (Lipinski definition) is 7. The number of nitrogens with one attached hydrogen (secondary N) is 2. The minimum atomic E-state index is -0.277. The number of fused-ring (bicyclic) bond motifs is 1. The van der Waals surface area contributed by atoms with E-state index in [4.69, 9.17) is 20.4 Å². The van der Waals surface area contributed by atoms with Gasteiger partial charge < -0.3 is 25.7 Å². The highest BCUT2D eigenvalue weighted by Crippen LogP contribution is 2.29. The van der Waals surface area contributed by atoms with E-state index in [9.17, 15) is 4.79 Å². The summed E-state index contributed by atoms with van der Waals surface area (Å²) in [7, 11) is 0. The molecule has 1 saturated heterocycles. The topological polar surface area (TPSA) is 125 Å². The third-order valence-corrected chi connectivity index (χ3v) is 6.80. The summed E-state index contributed by atoms with van der Waals surface area (Å²) < 4.78 is 9.60. The zero-order valence-corrected chi connectivity index (χ0v) is 19.6. The minimum Gasteiger partial charge on any atom is -0.381 e. The number of primary amides is 1. The van der Waals surface area contributed by atoms with Gasteiger partial charge in [0, 0.05) is 44.6 Å². The molecule has 1 aliphatic carbocycles. The summed E-state index contributed by atoms with van der Waals surface area (Å²) in [5, 5.41) is 11.6.